The Labute approximate surface area is 141 Å². The van der Waals surface area contributed by atoms with Crippen LogP contribution < -0.4 is 5.73 Å². The molecule has 0 spiro atoms. The van der Waals surface area contributed by atoms with E-state index in [0.29, 0.717) is 0 Å². The highest BCUT2D eigenvalue weighted by molar-refractivity contribution is 7.99. The van der Waals surface area contributed by atoms with Crippen LogP contribution in [-0.2, 0) is 0 Å². The van der Waals surface area contributed by atoms with Gasteiger partial charge in [-0.05, 0) is 41.3 Å². The molecule has 2 aromatic rings. The Morgan fingerprint density at radius 2 is 1.64 bits per heavy atom. The van der Waals surface area contributed by atoms with Crippen molar-refractivity contribution < 1.29 is 5.11 Å². The number of aliphatic hydroxyl groups is 1. The number of nitrogens with two attached hydrogens (primary N) is 1. The fourth-order valence-electron chi connectivity index (χ4n) is 2.19. The molecule has 4 heteroatoms. The molecular weight excluding hydrogens is 314 g/mol. The SMILES string of the molecule is CC(C)(C)[C@@H](O)[C@@H](N)c1ccccc1Sc1ccc(Cl)cc1. The van der Waals surface area contributed by atoms with E-state index in [0.717, 1.165) is 20.4 Å². The normalized spacial score (nSPS) is 14.6. The molecule has 118 valence electrons. The predicted octanol–water partition coefficient (Wildman–Crippen LogP) is 4.90. The van der Waals surface area contributed by atoms with Gasteiger partial charge < -0.3 is 10.8 Å². The molecule has 2 aromatic carbocycles. The minimum atomic E-state index is -0.612. The zero-order chi connectivity index (χ0) is 16.3. The molecule has 3 N–H and O–H groups in total. The lowest BCUT2D eigenvalue weighted by Crippen LogP contribution is -2.37. The quantitative estimate of drug-likeness (QED) is 0.835. The van der Waals surface area contributed by atoms with Gasteiger partial charge in [-0.15, -0.1) is 0 Å². The molecule has 0 saturated heterocycles. The Hall–Kier alpha value is -1.00. The largest absolute Gasteiger partial charge is 0.391 e. The van der Waals surface area contributed by atoms with Crippen LogP contribution in [0.15, 0.2) is 58.3 Å². The van der Waals surface area contributed by atoms with Crippen LogP contribution in [0.1, 0.15) is 32.4 Å². The summed E-state index contributed by atoms with van der Waals surface area (Å²) in [5.74, 6) is 0. The number of rotatable bonds is 4. The molecule has 0 unspecified atom stereocenters. The first-order chi connectivity index (χ1) is 10.3. The molecule has 0 radical (unpaired) electrons. The highest BCUT2D eigenvalue weighted by atomic mass is 35.5. The van der Waals surface area contributed by atoms with E-state index in [4.69, 9.17) is 17.3 Å². The van der Waals surface area contributed by atoms with Crippen molar-refractivity contribution in [3.05, 3.63) is 59.1 Å². The second kappa shape index (κ2) is 7.05. The number of halogens is 1. The van der Waals surface area contributed by atoms with Gasteiger partial charge in [-0.1, -0.05) is 62.3 Å². The fraction of sp³-hybridized carbons (Fsp3) is 0.333. The van der Waals surface area contributed by atoms with E-state index in [1.54, 1.807) is 11.8 Å². The molecule has 0 fully saturated rings. The van der Waals surface area contributed by atoms with Crippen LogP contribution in [0.25, 0.3) is 0 Å². The topological polar surface area (TPSA) is 46.2 Å². The molecule has 2 nitrogen and oxygen atoms in total. The number of hydrogen-bond acceptors (Lipinski definition) is 3. The van der Waals surface area contributed by atoms with Gasteiger partial charge in [0.1, 0.15) is 0 Å². The van der Waals surface area contributed by atoms with E-state index in [1.165, 1.54) is 0 Å². The van der Waals surface area contributed by atoms with E-state index in [-0.39, 0.29) is 5.41 Å². The summed E-state index contributed by atoms with van der Waals surface area (Å²) in [5, 5.41) is 11.2. The zero-order valence-electron chi connectivity index (χ0n) is 13.1. The molecule has 0 aliphatic carbocycles. The maximum atomic E-state index is 10.5. The number of aliphatic hydroxyl groups excluding tert-OH is 1. The summed E-state index contributed by atoms with van der Waals surface area (Å²) in [5.41, 5.74) is 7.02. The van der Waals surface area contributed by atoms with Gasteiger partial charge in [0.15, 0.2) is 0 Å². The molecule has 22 heavy (non-hydrogen) atoms. The standard InChI is InChI=1S/C18H22ClNOS/c1-18(2,3)17(21)16(20)14-6-4-5-7-15(14)22-13-10-8-12(19)9-11-13/h4-11,16-17,21H,20H2,1-3H3/t16-,17-/m0/s1. The second-order valence-corrected chi connectivity index (χ2v) is 7.98. The summed E-state index contributed by atoms with van der Waals surface area (Å²) in [4.78, 5) is 2.15. The van der Waals surface area contributed by atoms with Gasteiger partial charge in [0.05, 0.1) is 12.1 Å². The first-order valence-electron chi connectivity index (χ1n) is 7.25. The van der Waals surface area contributed by atoms with Crippen LogP contribution >= 0.6 is 23.4 Å². The Bertz CT molecular complexity index is 622. The maximum Gasteiger partial charge on any atom is 0.0781 e. The first kappa shape index (κ1) is 17.4. The molecule has 0 amide bonds. The monoisotopic (exact) mass is 335 g/mol. The molecule has 0 aliphatic heterocycles. The van der Waals surface area contributed by atoms with Gasteiger partial charge in [-0.2, -0.15) is 0 Å². The molecule has 2 rings (SSSR count). The van der Waals surface area contributed by atoms with Gasteiger partial charge in [0, 0.05) is 14.8 Å². The van der Waals surface area contributed by atoms with Crippen LogP contribution in [0, 0.1) is 5.41 Å². The first-order valence-corrected chi connectivity index (χ1v) is 8.44. The van der Waals surface area contributed by atoms with Crippen molar-refractivity contribution in [1.29, 1.82) is 0 Å². The molecule has 0 aliphatic rings. The molecule has 2 atom stereocenters. The highest BCUT2D eigenvalue weighted by Crippen LogP contribution is 2.36. The molecule has 0 heterocycles. The zero-order valence-corrected chi connectivity index (χ0v) is 14.7. The highest BCUT2D eigenvalue weighted by Gasteiger charge is 2.30. The van der Waals surface area contributed by atoms with Crippen LogP contribution in [0.2, 0.25) is 5.02 Å². The summed E-state index contributed by atoms with van der Waals surface area (Å²) >= 11 is 7.56. The smallest absolute Gasteiger partial charge is 0.0781 e. The lowest BCUT2D eigenvalue weighted by atomic mass is 9.82. The van der Waals surface area contributed by atoms with Gasteiger partial charge in [0.25, 0.3) is 0 Å². The minimum absolute atomic E-state index is 0.266. The average Bonchev–Trinajstić information content (AvgIpc) is 2.48. The Morgan fingerprint density at radius 3 is 2.23 bits per heavy atom. The van der Waals surface area contributed by atoms with Crippen molar-refractivity contribution in [2.75, 3.05) is 0 Å². The Kier molecular flexibility index (Phi) is 5.56. The molecular formula is C18H22ClNOS. The van der Waals surface area contributed by atoms with Crippen LogP contribution in [0.3, 0.4) is 0 Å². The fourth-order valence-corrected chi connectivity index (χ4v) is 3.31. The van der Waals surface area contributed by atoms with Crippen LogP contribution in [0.4, 0.5) is 0 Å². The van der Waals surface area contributed by atoms with Crippen LogP contribution in [0.5, 0.6) is 0 Å². The summed E-state index contributed by atoms with van der Waals surface area (Å²) in [6.07, 6.45) is -0.612. The molecule has 0 saturated carbocycles. The lowest BCUT2D eigenvalue weighted by molar-refractivity contribution is 0.0394. The predicted molar refractivity (Wildman–Crippen MR) is 94.4 cm³/mol. The minimum Gasteiger partial charge on any atom is -0.391 e. The number of hydrogen-bond donors (Lipinski definition) is 2. The van der Waals surface area contributed by atoms with Crippen molar-refractivity contribution in [1.82, 2.24) is 0 Å². The van der Waals surface area contributed by atoms with Gasteiger partial charge in [0.2, 0.25) is 0 Å². The summed E-state index contributed by atoms with van der Waals surface area (Å²) in [6, 6.07) is 15.2. The molecule has 0 aromatic heterocycles. The van der Waals surface area contributed by atoms with E-state index >= 15 is 0 Å². The van der Waals surface area contributed by atoms with E-state index < -0.39 is 12.1 Å². The van der Waals surface area contributed by atoms with Crippen molar-refractivity contribution in [3.63, 3.8) is 0 Å². The van der Waals surface area contributed by atoms with Crippen molar-refractivity contribution in [3.8, 4) is 0 Å². The molecule has 0 bridgehead atoms. The van der Waals surface area contributed by atoms with E-state index in [1.807, 2.05) is 69.3 Å². The third-order valence-corrected chi connectivity index (χ3v) is 4.90. The van der Waals surface area contributed by atoms with Crippen molar-refractivity contribution in [2.45, 2.75) is 42.7 Å². The lowest BCUT2D eigenvalue weighted by Gasteiger charge is -2.31. The Balaban J connectivity index is 2.28. The summed E-state index contributed by atoms with van der Waals surface area (Å²) < 4.78 is 0. The van der Waals surface area contributed by atoms with Gasteiger partial charge >= 0.3 is 0 Å². The Morgan fingerprint density at radius 1 is 1.05 bits per heavy atom. The summed E-state index contributed by atoms with van der Waals surface area (Å²) in [7, 11) is 0. The van der Waals surface area contributed by atoms with Crippen LogP contribution in [-0.4, -0.2) is 11.2 Å². The van der Waals surface area contributed by atoms with Gasteiger partial charge in [-0.3, -0.25) is 0 Å². The number of benzene rings is 2. The van der Waals surface area contributed by atoms with E-state index in [2.05, 4.69) is 0 Å². The van der Waals surface area contributed by atoms with E-state index in [9.17, 15) is 5.11 Å². The third-order valence-electron chi connectivity index (χ3n) is 3.55. The third kappa shape index (κ3) is 4.26. The average molecular weight is 336 g/mol. The second-order valence-electron chi connectivity index (χ2n) is 6.43. The van der Waals surface area contributed by atoms with Crippen molar-refractivity contribution in [2.24, 2.45) is 11.1 Å². The summed E-state index contributed by atoms with van der Waals surface area (Å²) in [6.45, 7) is 5.98. The van der Waals surface area contributed by atoms with Gasteiger partial charge in [-0.25, -0.2) is 0 Å². The maximum absolute atomic E-state index is 10.5. The van der Waals surface area contributed by atoms with Crippen molar-refractivity contribution >= 4 is 23.4 Å².